The molecule has 1 rings (SSSR count). The normalized spacial score (nSPS) is 20.4. The number of carbonyl (C=O) groups is 2. The van der Waals surface area contributed by atoms with E-state index in [1.807, 2.05) is 26.8 Å². The van der Waals surface area contributed by atoms with Crippen LogP contribution in [0, 0.1) is 5.92 Å². The molecule has 1 aliphatic rings. The standard InChI is InChI=1S/C12H24BN3O2/c1-8(16(2)13)12(18)15-10(11(14)17)9-6-4-3-5-7-9/h8-10H,3-7,13H2,1-2H3,(H2,14,17)(H,15,18)/t8-,10-/m0/s1. The minimum absolute atomic E-state index is 0.130. The SMILES string of the molecule is BN(C)[C@@H](C)C(=O)N[C@H](C(N)=O)C1CCCCC1. The smallest absolute Gasteiger partial charge is 0.240 e. The average Bonchev–Trinajstić information content (AvgIpc) is 2.35. The van der Waals surface area contributed by atoms with Gasteiger partial charge in [0.2, 0.25) is 11.8 Å². The van der Waals surface area contributed by atoms with Gasteiger partial charge < -0.3 is 15.9 Å². The van der Waals surface area contributed by atoms with Crippen molar-refractivity contribution in [2.24, 2.45) is 11.7 Å². The summed E-state index contributed by atoms with van der Waals surface area (Å²) in [6.45, 7) is 1.81. The van der Waals surface area contributed by atoms with Crippen LogP contribution >= 0.6 is 0 Å². The zero-order chi connectivity index (χ0) is 13.7. The first-order valence-corrected chi connectivity index (χ1v) is 6.69. The molecule has 0 saturated heterocycles. The lowest BCUT2D eigenvalue weighted by atomic mass is 9.83. The van der Waals surface area contributed by atoms with Crippen molar-refractivity contribution in [3.8, 4) is 0 Å². The monoisotopic (exact) mass is 253 g/mol. The number of carbonyl (C=O) groups excluding carboxylic acids is 2. The second-order valence-corrected chi connectivity index (χ2v) is 5.43. The van der Waals surface area contributed by atoms with Gasteiger partial charge in [-0.15, -0.1) is 0 Å². The van der Waals surface area contributed by atoms with Crippen LogP contribution in [0.25, 0.3) is 0 Å². The molecule has 2 amide bonds. The van der Waals surface area contributed by atoms with Gasteiger partial charge in [-0.3, -0.25) is 9.59 Å². The number of nitrogens with one attached hydrogen (secondary N) is 1. The number of rotatable bonds is 5. The molecule has 18 heavy (non-hydrogen) atoms. The molecular weight excluding hydrogens is 229 g/mol. The number of primary amides is 1. The van der Waals surface area contributed by atoms with Gasteiger partial charge in [-0.1, -0.05) is 19.3 Å². The highest BCUT2D eigenvalue weighted by Crippen LogP contribution is 2.26. The third-order valence-corrected chi connectivity index (χ3v) is 3.88. The maximum atomic E-state index is 12.0. The zero-order valence-electron chi connectivity index (χ0n) is 11.6. The van der Waals surface area contributed by atoms with E-state index >= 15 is 0 Å². The molecule has 0 bridgehead atoms. The topological polar surface area (TPSA) is 75.4 Å². The molecule has 0 aliphatic heterocycles. The van der Waals surface area contributed by atoms with Crippen molar-refractivity contribution in [2.75, 3.05) is 7.05 Å². The Hall–Kier alpha value is -1.04. The van der Waals surface area contributed by atoms with Crippen LogP contribution in [0.3, 0.4) is 0 Å². The van der Waals surface area contributed by atoms with E-state index < -0.39 is 11.9 Å². The number of hydrogen-bond donors (Lipinski definition) is 2. The molecule has 0 aromatic carbocycles. The largest absolute Gasteiger partial charge is 0.368 e. The van der Waals surface area contributed by atoms with E-state index in [0.29, 0.717) is 0 Å². The lowest BCUT2D eigenvalue weighted by Gasteiger charge is -2.30. The first-order chi connectivity index (χ1) is 8.43. The number of likely N-dealkylation sites (N-methyl/N-ethyl adjacent to an activating group) is 1. The molecular formula is C12H24BN3O2. The molecule has 0 unspecified atom stereocenters. The van der Waals surface area contributed by atoms with Crippen molar-refractivity contribution in [3.05, 3.63) is 0 Å². The van der Waals surface area contributed by atoms with Crippen LogP contribution in [0.5, 0.6) is 0 Å². The Kier molecular flexibility index (Phi) is 5.66. The Morgan fingerprint density at radius 3 is 2.33 bits per heavy atom. The summed E-state index contributed by atoms with van der Waals surface area (Å²) in [6.07, 6.45) is 5.40. The van der Waals surface area contributed by atoms with Crippen molar-refractivity contribution in [1.29, 1.82) is 0 Å². The third-order valence-electron chi connectivity index (χ3n) is 3.88. The molecule has 6 heteroatoms. The molecule has 1 saturated carbocycles. The van der Waals surface area contributed by atoms with Crippen molar-refractivity contribution >= 4 is 19.8 Å². The number of hydrogen-bond acceptors (Lipinski definition) is 3. The summed E-state index contributed by atoms with van der Waals surface area (Å²) >= 11 is 0. The first-order valence-electron chi connectivity index (χ1n) is 6.69. The summed E-state index contributed by atoms with van der Waals surface area (Å²) < 4.78 is 0. The van der Waals surface area contributed by atoms with E-state index in [1.54, 1.807) is 0 Å². The number of nitrogens with zero attached hydrogens (tertiary/aromatic N) is 1. The van der Waals surface area contributed by atoms with E-state index in [-0.39, 0.29) is 17.9 Å². The highest BCUT2D eigenvalue weighted by Gasteiger charge is 2.30. The molecule has 0 heterocycles. The third kappa shape index (κ3) is 4.01. The van der Waals surface area contributed by atoms with Gasteiger partial charge >= 0.3 is 0 Å². The van der Waals surface area contributed by atoms with E-state index in [0.717, 1.165) is 25.7 Å². The first kappa shape index (κ1) is 15.0. The highest BCUT2D eigenvalue weighted by molar-refractivity contribution is 6.06. The molecule has 2 atom stereocenters. The summed E-state index contributed by atoms with van der Waals surface area (Å²) in [7, 11) is 3.67. The van der Waals surface area contributed by atoms with Crippen LogP contribution in [-0.2, 0) is 9.59 Å². The minimum Gasteiger partial charge on any atom is -0.368 e. The van der Waals surface area contributed by atoms with Gasteiger partial charge in [0.05, 0.1) is 6.04 Å². The maximum absolute atomic E-state index is 12.0. The van der Waals surface area contributed by atoms with Gasteiger partial charge in [0, 0.05) is 0 Å². The van der Waals surface area contributed by atoms with Crippen LogP contribution in [0.4, 0.5) is 0 Å². The van der Waals surface area contributed by atoms with Crippen molar-refractivity contribution in [3.63, 3.8) is 0 Å². The molecule has 3 N–H and O–H groups in total. The Morgan fingerprint density at radius 1 is 1.33 bits per heavy atom. The van der Waals surface area contributed by atoms with Crippen LogP contribution in [0.15, 0.2) is 0 Å². The van der Waals surface area contributed by atoms with Gasteiger partial charge in [-0.25, -0.2) is 0 Å². The van der Waals surface area contributed by atoms with Crippen molar-refractivity contribution < 1.29 is 9.59 Å². The fraction of sp³-hybridized carbons (Fsp3) is 0.833. The lowest BCUT2D eigenvalue weighted by Crippen LogP contribution is -2.54. The molecule has 0 spiro atoms. The van der Waals surface area contributed by atoms with E-state index in [1.165, 1.54) is 6.42 Å². The minimum atomic E-state index is -0.514. The quantitative estimate of drug-likeness (QED) is 0.643. The summed E-state index contributed by atoms with van der Waals surface area (Å²) in [6, 6.07) is -0.768. The van der Waals surface area contributed by atoms with E-state index in [9.17, 15) is 9.59 Å². The average molecular weight is 253 g/mol. The Labute approximate surface area is 110 Å². The summed E-state index contributed by atoms with van der Waals surface area (Å²) in [4.78, 5) is 25.3. The molecule has 102 valence electrons. The van der Waals surface area contributed by atoms with Crippen LogP contribution in [-0.4, -0.2) is 43.7 Å². The predicted molar refractivity (Wildman–Crippen MR) is 73.5 cm³/mol. The van der Waals surface area contributed by atoms with Gasteiger partial charge in [0.25, 0.3) is 0 Å². The van der Waals surface area contributed by atoms with Gasteiger partial charge in [0.15, 0.2) is 7.98 Å². The summed E-state index contributed by atoms with van der Waals surface area (Å²) in [5.74, 6) is -0.342. The summed E-state index contributed by atoms with van der Waals surface area (Å²) in [5, 5.41) is 2.81. The Morgan fingerprint density at radius 2 is 1.89 bits per heavy atom. The van der Waals surface area contributed by atoms with Crippen LogP contribution < -0.4 is 11.1 Å². The van der Waals surface area contributed by atoms with Gasteiger partial charge in [0.1, 0.15) is 6.04 Å². The second-order valence-electron chi connectivity index (χ2n) is 5.43. The molecule has 1 aliphatic carbocycles. The maximum Gasteiger partial charge on any atom is 0.240 e. The van der Waals surface area contributed by atoms with Crippen molar-refractivity contribution in [2.45, 2.75) is 51.1 Å². The molecule has 0 radical (unpaired) electrons. The van der Waals surface area contributed by atoms with Crippen LogP contribution in [0.2, 0.25) is 0 Å². The molecule has 0 aromatic rings. The second kappa shape index (κ2) is 6.78. The fourth-order valence-corrected chi connectivity index (χ4v) is 2.40. The predicted octanol–water partition coefficient (Wildman–Crippen LogP) is -0.595. The number of amides is 2. The molecule has 0 aromatic heterocycles. The zero-order valence-corrected chi connectivity index (χ0v) is 11.6. The highest BCUT2D eigenvalue weighted by atomic mass is 16.2. The molecule has 5 nitrogen and oxygen atoms in total. The van der Waals surface area contributed by atoms with E-state index in [2.05, 4.69) is 5.32 Å². The lowest BCUT2D eigenvalue weighted by molar-refractivity contribution is -0.130. The van der Waals surface area contributed by atoms with Crippen molar-refractivity contribution in [1.82, 2.24) is 10.1 Å². The number of nitrogens with two attached hydrogens (primary N) is 1. The molecule has 1 fully saturated rings. The summed E-state index contributed by atoms with van der Waals surface area (Å²) in [5.41, 5.74) is 5.42. The van der Waals surface area contributed by atoms with Gasteiger partial charge in [-0.05, 0) is 32.7 Å². The van der Waals surface area contributed by atoms with Crippen LogP contribution in [0.1, 0.15) is 39.0 Å². The Balaban J connectivity index is 2.62. The van der Waals surface area contributed by atoms with E-state index in [4.69, 9.17) is 5.73 Å². The fourth-order valence-electron chi connectivity index (χ4n) is 2.40. The Bertz CT molecular complexity index is 304. The van der Waals surface area contributed by atoms with Gasteiger partial charge in [-0.2, -0.15) is 0 Å².